The van der Waals surface area contributed by atoms with Crippen molar-refractivity contribution in [2.24, 2.45) is 0 Å². The standard InChI is InChI=1S/C17H24BrN3O2/c1-17(2,3)23-16(22)21-12-6-7-13(21)10-11(9-12)20-14-5-4-8-19-15(14)18/h4-5,8,11-13,20H,6-7,9-10H2,1-3H3. The normalized spacial score (nSPS) is 27.0. The Labute approximate surface area is 145 Å². The first-order valence-electron chi connectivity index (χ1n) is 8.22. The second-order valence-electron chi connectivity index (χ2n) is 7.43. The van der Waals surface area contributed by atoms with Crippen molar-refractivity contribution < 1.29 is 9.53 Å². The van der Waals surface area contributed by atoms with Crippen LogP contribution >= 0.6 is 15.9 Å². The summed E-state index contributed by atoms with van der Waals surface area (Å²) in [5.41, 5.74) is 0.578. The fourth-order valence-corrected chi connectivity index (χ4v) is 3.99. The molecule has 0 spiro atoms. The Morgan fingerprint density at radius 3 is 2.57 bits per heavy atom. The molecule has 3 heterocycles. The van der Waals surface area contributed by atoms with E-state index in [1.807, 2.05) is 37.8 Å². The average Bonchev–Trinajstić information content (AvgIpc) is 2.72. The van der Waals surface area contributed by atoms with Gasteiger partial charge in [-0.05, 0) is 74.5 Å². The third-order valence-electron chi connectivity index (χ3n) is 4.46. The predicted octanol–water partition coefficient (Wildman–Crippen LogP) is 4.19. The fraction of sp³-hybridized carbons (Fsp3) is 0.647. The number of piperidine rings is 1. The van der Waals surface area contributed by atoms with Crippen LogP contribution in [0.4, 0.5) is 10.5 Å². The Morgan fingerprint density at radius 1 is 1.35 bits per heavy atom. The van der Waals surface area contributed by atoms with Crippen LogP contribution in [0.1, 0.15) is 46.5 Å². The number of carbonyl (C=O) groups excluding carboxylic acids is 1. The molecule has 6 heteroatoms. The number of fused-ring (bicyclic) bond motifs is 2. The minimum Gasteiger partial charge on any atom is -0.444 e. The molecule has 1 aromatic rings. The minimum atomic E-state index is -0.438. The maximum atomic E-state index is 12.5. The van der Waals surface area contributed by atoms with Crippen LogP contribution in [0.5, 0.6) is 0 Å². The van der Waals surface area contributed by atoms with Crippen molar-refractivity contribution in [1.29, 1.82) is 0 Å². The van der Waals surface area contributed by atoms with Gasteiger partial charge in [-0.15, -0.1) is 0 Å². The van der Waals surface area contributed by atoms with E-state index in [1.165, 1.54) is 0 Å². The molecule has 3 rings (SSSR count). The van der Waals surface area contributed by atoms with Gasteiger partial charge < -0.3 is 15.0 Å². The molecule has 5 nitrogen and oxygen atoms in total. The van der Waals surface area contributed by atoms with E-state index in [2.05, 4.69) is 26.2 Å². The summed E-state index contributed by atoms with van der Waals surface area (Å²) in [6.07, 6.45) is 5.65. The second-order valence-corrected chi connectivity index (χ2v) is 8.18. The number of pyridine rings is 1. The Morgan fingerprint density at radius 2 is 2.00 bits per heavy atom. The van der Waals surface area contributed by atoms with Crippen molar-refractivity contribution in [3.63, 3.8) is 0 Å². The number of nitrogens with one attached hydrogen (secondary N) is 1. The molecule has 2 fully saturated rings. The number of hydrogen-bond donors (Lipinski definition) is 1. The summed E-state index contributed by atoms with van der Waals surface area (Å²) < 4.78 is 6.41. The van der Waals surface area contributed by atoms with E-state index in [-0.39, 0.29) is 18.2 Å². The van der Waals surface area contributed by atoms with Gasteiger partial charge in [-0.3, -0.25) is 0 Å². The van der Waals surface area contributed by atoms with E-state index in [1.54, 1.807) is 6.20 Å². The zero-order valence-electron chi connectivity index (χ0n) is 13.9. The third kappa shape index (κ3) is 3.79. The van der Waals surface area contributed by atoms with Gasteiger partial charge >= 0.3 is 6.09 Å². The predicted molar refractivity (Wildman–Crippen MR) is 93.5 cm³/mol. The number of hydrogen-bond acceptors (Lipinski definition) is 4. The lowest BCUT2D eigenvalue weighted by Gasteiger charge is -2.40. The molecule has 0 aromatic carbocycles. The molecular formula is C17H24BrN3O2. The Balaban J connectivity index is 1.65. The molecule has 2 saturated heterocycles. The van der Waals surface area contributed by atoms with E-state index in [0.29, 0.717) is 6.04 Å². The van der Waals surface area contributed by atoms with Crippen molar-refractivity contribution in [3.8, 4) is 0 Å². The van der Waals surface area contributed by atoms with Crippen LogP contribution in [-0.2, 0) is 4.74 Å². The maximum absolute atomic E-state index is 12.5. The molecule has 2 bridgehead atoms. The summed E-state index contributed by atoms with van der Waals surface area (Å²) in [6.45, 7) is 5.75. The third-order valence-corrected chi connectivity index (χ3v) is 5.09. The molecular weight excluding hydrogens is 358 g/mol. The van der Waals surface area contributed by atoms with Crippen LogP contribution < -0.4 is 5.32 Å². The molecule has 0 saturated carbocycles. The zero-order valence-corrected chi connectivity index (χ0v) is 15.5. The van der Waals surface area contributed by atoms with Gasteiger partial charge in [0.15, 0.2) is 0 Å². The molecule has 0 radical (unpaired) electrons. The topological polar surface area (TPSA) is 54.5 Å². The molecule has 2 unspecified atom stereocenters. The first-order valence-corrected chi connectivity index (χ1v) is 9.01. The molecule has 0 aliphatic carbocycles. The summed E-state index contributed by atoms with van der Waals surface area (Å²) in [4.78, 5) is 18.7. The summed E-state index contributed by atoms with van der Waals surface area (Å²) in [5.74, 6) is 0. The van der Waals surface area contributed by atoms with Gasteiger partial charge in [-0.25, -0.2) is 9.78 Å². The number of anilines is 1. The number of carbonyl (C=O) groups is 1. The largest absolute Gasteiger partial charge is 0.444 e. The van der Waals surface area contributed by atoms with Crippen LogP contribution in [0.3, 0.4) is 0 Å². The van der Waals surface area contributed by atoms with E-state index in [4.69, 9.17) is 4.74 Å². The van der Waals surface area contributed by atoms with Gasteiger partial charge in [0.2, 0.25) is 0 Å². The molecule has 2 atom stereocenters. The molecule has 126 valence electrons. The molecule has 1 N–H and O–H groups in total. The molecule has 2 aliphatic heterocycles. The van der Waals surface area contributed by atoms with E-state index in [9.17, 15) is 4.79 Å². The monoisotopic (exact) mass is 381 g/mol. The number of amides is 1. The molecule has 2 aliphatic rings. The van der Waals surface area contributed by atoms with E-state index >= 15 is 0 Å². The van der Waals surface area contributed by atoms with Crippen LogP contribution in [0.25, 0.3) is 0 Å². The highest BCUT2D eigenvalue weighted by atomic mass is 79.9. The number of rotatable bonds is 2. The summed E-state index contributed by atoms with van der Waals surface area (Å²) in [6, 6.07) is 4.87. The lowest BCUT2D eigenvalue weighted by molar-refractivity contribution is 0.00683. The van der Waals surface area contributed by atoms with Crippen molar-refractivity contribution in [3.05, 3.63) is 22.9 Å². The van der Waals surface area contributed by atoms with Gasteiger partial charge in [0.05, 0.1) is 5.69 Å². The van der Waals surface area contributed by atoms with Gasteiger partial charge in [0, 0.05) is 24.3 Å². The Hall–Kier alpha value is -1.30. The maximum Gasteiger partial charge on any atom is 0.410 e. The average molecular weight is 382 g/mol. The van der Waals surface area contributed by atoms with Crippen LogP contribution in [-0.4, -0.2) is 39.7 Å². The number of ether oxygens (including phenoxy) is 1. The summed E-state index contributed by atoms with van der Waals surface area (Å²) in [5, 5.41) is 3.57. The quantitative estimate of drug-likeness (QED) is 0.780. The SMILES string of the molecule is CC(C)(C)OC(=O)N1C2CCC1CC(Nc1cccnc1Br)C2. The minimum absolute atomic E-state index is 0.161. The fourth-order valence-electron chi connectivity index (χ4n) is 3.62. The second kappa shape index (κ2) is 6.30. The highest BCUT2D eigenvalue weighted by molar-refractivity contribution is 9.10. The van der Waals surface area contributed by atoms with Crippen LogP contribution in [0, 0.1) is 0 Å². The molecule has 1 amide bonds. The van der Waals surface area contributed by atoms with Crippen LogP contribution in [0.15, 0.2) is 22.9 Å². The first-order chi connectivity index (χ1) is 10.8. The highest BCUT2D eigenvalue weighted by Crippen LogP contribution is 2.38. The van der Waals surface area contributed by atoms with Gasteiger partial charge in [-0.1, -0.05) is 0 Å². The summed E-state index contributed by atoms with van der Waals surface area (Å²) in [7, 11) is 0. The molecule has 1 aromatic heterocycles. The number of halogens is 1. The highest BCUT2D eigenvalue weighted by Gasteiger charge is 2.44. The van der Waals surface area contributed by atoms with Crippen molar-refractivity contribution in [1.82, 2.24) is 9.88 Å². The van der Waals surface area contributed by atoms with Gasteiger partial charge in [-0.2, -0.15) is 0 Å². The summed E-state index contributed by atoms with van der Waals surface area (Å²) >= 11 is 3.48. The van der Waals surface area contributed by atoms with E-state index in [0.717, 1.165) is 36.0 Å². The van der Waals surface area contributed by atoms with Crippen molar-refractivity contribution in [2.75, 3.05) is 5.32 Å². The molecule has 23 heavy (non-hydrogen) atoms. The number of aromatic nitrogens is 1. The van der Waals surface area contributed by atoms with Crippen molar-refractivity contribution >= 4 is 27.7 Å². The van der Waals surface area contributed by atoms with Crippen molar-refractivity contribution in [2.45, 2.75) is 70.2 Å². The Kier molecular flexibility index (Phi) is 4.54. The smallest absolute Gasteiger partial charge is 0.410 e. The zero-order chi connectivity index (χ0) is 16.6. The first kappa shape index (κ1) is 16.6. The Bertz CT molecular complexity index is 573. The lowest BCUT2D eigenvalue weighted by Crippen LogP contribution is -2.51. The van der Waals surface area contributed by atoms with Crippen LogP contribution in [0.2, 0.25) is 0 Å². The number of nitrogens with zero attached hydrogens (tertiary/aromatic N) is 2. The lowest BCUT2D eigenvalue weighted by atomic mass is 9.97. The van der Waals surface area contributed by atoms with Gasteiger partial charge in [0.25, 0.3) is 0 Å². The van der Waals surface area contributed by atoms with Gasteiger partial charge in [0.1, 0.15) is 10.2 Å². The van der Waals surface area contributed by atoms with E-state index < -0.39 is 5.60 Å².